The van der Waals surface area contributed by atoms with E-state index in [9.17, 15) is 0 Å². The van der Waals surface area contributed by atoms with Crippen molar-refractivity contribution in [1.29, 1.82) is 0 Å². The number of hydrogen-bond donors (Lipinski definition) is 3. The third kappa shape index (κ3) is 7.77. The van der Waals surface area contributed by atoms with E-state index in [1.807, 2.05) is 19.2 Å². The second kappa shape index (κ2) is 11.0. The van der Waals surface area contributed by atoms with Gasteiger partial charge in [0.25, 0.3) is 0 Å². The van der Waals surface area contributed by atoms with Crippen LogP contribution < -0.4 is 5.32 Å². The molecule has 0 saturated heterocycles. The summed E-state index contributed by atoms with van der Waals surface area (Å²) in [7, 11) is 1.82. The maximum absolute atomic E-state index is 9.10. The predicted molar refractivity (Wildman–Crippen MR) is 91.5 cm³/mol. The Labute approximate surface area is 146 Å². The first-order valence-corrected chi connectivity index (χ1v) is 8.28. The van der Waals surface area contributed by atoms with E-state index in [-0.39, 0.29) is 0 Å². The molecular weight excluding hydrogens is 334 g/mol. The fraction of sp³-hybridized carbons (Fsp3) is 0.529. The van der Waals surface area contributed by atoms with Crippen LogP contribution in [0, 0.1) is 0 Å². The van der Waals surface area contributed by atoms with Gasteiger partial charge in [0.05, 0.1) is 6.10 Å². The zero-order valence-electron chi connectivity index (χ0n) is 13.7. The molecule has 2 unspecified atom stereocenters. The molecule has 0 radical (unpaired) electrons. The molecular formula is C17H24ClNO5. The molecule has 1 aromatic rings. The predicted octanol–water partition coefficient (Wildman–Crippen LogP) is 2.59. The van der Waals surface area contributed by atoms with E-state index in [4.69, 9.17) is 36.1 Å². The molecule has 1 saturated carbocycles. The van der Waals surface area contributed by atoms with E-state index >= 15 is 0 Å². The maximum Gasteiger partial charge on any atom is 0.414 e. The molecule has 6 nitrogen and oxygen atoms in total. The van der Waals surface area contributed by atoms with Gasteiger partial charge in [-0.2, -0.15) is 0 Å². The van der Waals surface area contributed by atoms with E-state index in [0.29, 0.717) is 12.1 Å². The minimum atomic E-state index is -1.82. The molecule has 0 bridgehead atoms. The SMILES string of the molecule is COC1CCCCC1NCCc1ccc(Cl)cc1.O=C(O)C(=O)O. The van der Waals surface area contributed by atoms with Crippen molar-refractivity contribution >= 4 is 23.5 Å². The van der Waals surface area contributed by atoms with Crippen molar-refractivity contribution in [1.82, 2.24) is 5.32 Å². The summed E-state index contributed by atoms with van der Waals surface area (Å²) in [6, 6.07) is 8.62. The molecule has 1 aromatic carbocycles. The monoisotopic (exact) mass is 357 g/mol. The average Bonchev–Trinajstić information content (AvgIpc) is 2.57. The fourth-order valence-corrected chi connectivity index (χ4v) is 2.79. The van der Waals surface area contributed by atoms with Crippen LogP contribution in [0.15, 0.2) is 24.3 Å². The van der Waals surface area contributed by atoms with Gasteiger partial charge >= 0.3 is 11.9 Å². The Hall–Kier alpha value is -1.63. The van der Waals surface area contributed by atoms with Crippen LogP contribution in [-0.2, 0) is 20.7 Å². The van der Waals surface area contributed by atoms with Crippen molar-refractivity contribution in [2.45, 2.75) is 44.2 Å². The Morgan fingerprint density at radius 1 is 1.17 bits per heavy atom. The lowest BCUT2D eigenvalue weighted by Gasteiger charge is -2.31. The van der Waals surface area contributed by atoms with Crippen LogP contribution in [-0.4, -0.2) is 48.0 Å². The summed E-state index contributed by atoms with van der Waals surface area (Å²) >= 11 is 5.87. The molecule has 0 heterocycles. The molecule has 24 heavy (non-hydrogen) atoms. The summed E-state index contributed by atoms with van der Waals surface area (Å²) in [5.74, 6) is -3.65. The minimum Gasteiger partial charge on any atom is -0.473 e. The normalized spacial score (nSPS) is 19.9. The van der Waals surface area contributed by atoms with Crippen molar-refractivity contribution in [3.8, 4) is 0 Å². The van der Waals surface area contributed by atoms with Gasteiger partial charge in [-0.15, -0.1) is 0 Å². The van der Waals surface area contributed by atoms with Gasteiger partial charge in [-0.25, -0.2) is 9.59 Å². The highest BCUT2D eigenvalue weighted by Crippen LogP contribution is 2.20. The zero-order valence-corrected chi connectivity index (χ0v) is 14.5. The number of carbonyl (C=O) groups is 2. The quantitative estimate of drug-likeness (QED) is 0.701. The van der Waals surface area contributed by atoms with Gasteiger partial charge in [-0.1, -0.05) is 36.6 Å². The summed E-state index contributed by atoms with van der Waals surface area (Å²) in [4.78, 5) is 18.2. The Balaban J connectivity index is 0.000000413. The summed E-state index contributed by atoms with van der Waals surface area (Å²) in [5, 5.41) is 19.2. The van der Waals surface area contributed by atoms with Crippen LogP contribution in [0.2, 0.25) is 5.02 Å². The summed E-state index contributed by atoms with van der Waals surface area (Å²) in [6.07, 6.45) is 6.48. The molecule has 0 amide bonds. The van der Waals surface area contributed by atoms with Crippen LogP contribution >= 0.6 is 11.6 Å². The van der Waals surface area contributed by atoms with Gasteiger partial charge < -0.3 is 20.3 Å². The Bertz CT molecular complexity index is 508. The number of aliphatic carboxylic acids is 2. The molecule has 134 valence electrons. The van der Waals surface area contributed by atoms with Gasteiger partial charge in [0.15, 0.2) is 0 Å². The first kappa shape index (κ1) is 20.4. The smallest absolute Gasteiger partial charge is 0.414 e. The van der Waals surface area contributed by atoms with Crippen LogP contribution in [0.5, 0.6) is 0 Å². The molecule has 2 rings (SSSR count). The Morgan fingerprint density at radius 3 is 2.29 bits per heavy atom. The highest BCUT2D eigenvalue weighted by atomic mass is 35.5. The molecule has 0 aliphatic heterocycles. The van der Waals surface area contributed by atoms with Gasteiger partial charge in [0.2, 0.25) is 0 Å². The zero-order chi connectivity index (χ0) is 17.9. The number of halogens is 1. The van der Waals surface area contributed by atoms with Crippen molar-refractivity contribution in [2.24, 2.45) is 0 Å². The minimum absolute atomic E-state index is 0.393. The van der Waals surface area contributed by atoms with E-state index < -0.39 is 11.9 Å². The number of nitrogens with one attached hydrogen (secondary N) is 1. The van der Waals surface area contributed by atoms with Crippen LogP contribution in [0.1, 0.15) is 31.2 Å². The molecule has 1 aliphatic carbocycles. The number of methoxy groups -OCH3 is 1. The average molecular weight is 358 g/mol. The van der Waals surface area contributed by atoms with Gasteiger partial charge in [-0.3, -0.25) is 0 Å². The molecule has 0 aromatic heterocycles. The summed E-state index contributed by atoms with van der Waals surface area (Å²) < 4.78 is 5.54. The largest absolute Gasteiger partial charge is 0.473 e. The number of rotatable bonds is 5. The van der Waals surface area contributed by atoms with E-state index in [0.717, 1.165) is 18.0 Å². The lowest BCUT2D eigenvalue weighted by Crippen LogP contribution is -2.43. The van der Waals surface area contributed by atoms with Crippen molar-refractivity contribution in [2.75, 3.05) is 13.7 Å². The number of ether oxygens (including phenoxy) is 1. The third-order valence-electron chi connectivity index (χ3n) is 3.92. The fourth-order valence-electron chi connectivity index (χ4n) is 2.67. The van der Waals surface area contributed by atoms with Crippen LogP contribution in [0.25, 0.3) is 0 Å². The summed E-state index contributed by atoms with van der Waals surface area (Å²) in [5.41, 5.74) is 1.33. The molecule has 7 heteroatoms. The second-order valence-corrected chi connectivity index (χ2v) is 6.04. The molecule has 1 fully saturated rings. The Morgan fingerprint density at radius 2 is 1.75 bits per heavy atom. The number of carboxylic acids is 2. The highest BCUT2D eigenvalue weighted by Gasteiger charge is 2.23. The van der Waals surface area contributed by atoms with E-state index in [1.54, 1.807) is 0 Å². The molecule has 2 atom stereocenters. The lowest BCUT2D eigenvalue weighted by atomic mass is 9.92. The van der Waals surface area contributed by atoms with Gasteiger partial charge in [0, 0.05) is 18.2 Å². The topological polar surface area (TPSA) is 95.9 Å². The van der Waals surface area contributed by atoms with E-state index in [1.165, 1.54) is 31.2 Å². The first-order chi connectivity index (χ1) is 11.4. The number of carboxylic acid groups (broad SMARTS) is 2. The summed E-state index contributed by atoms with van der Waals surface area (Å²) in [6.45, 7) is 1.01. The van der Waals surface area contributed by atoms with Crippen molar-refractivity contribution in [3.05, 3.63) is 34.9 Å². The number of benzene rings is 1. The van der Waals surface area contributed by atoms with Gasteiger partial charge in [-0.05, 0) is 43.5 Å². The third-order valence-corrected chi connectivity index (χ3v) is 4.17. The maximum atomic E-state index is 9.10. The van der Waals surface area contributed by atoms with Crippen LogP contribution in [0.3, 0.4) is 0 Å². The second-order valence-electron chi connectivity index (χ2n) is 5.61. The first-order valence-electron chi connectivity index (χ1n) is 7.91. The van der Waals surface area contributed by atoms with Crippen molar-refractivity contribution in [3.63, 3.8) is 0 Å². The van der Waals surface area contributed by atoms with Crippen molar-refractivity contribution < 1.29 is 24.5 Å². The Kier molecular flexibility index (Phi) is 9.37. The molecule has 1 aliphatic rings. The van der Waals surface area contributed by atoms with Crippen LogP contribution in [0.4, 0.5) is 0 Å². The number of hydrogen-bond acceptors (Lipinski definition) is 4. The lowest BCUT2D eigenvalue weighted by molar-refractivity contribution is -0.159. The van der Waals surface area contributed by atoms with Gasteiger partial charge in [0.1, 0.15) is 0 Å². The molecule has 3 N–H and O–H groups in total. The highest BCUT2D eigenvalue weighted by molar-refractivity contribution is 6.30. The standard InChI is InChI=1S/C15H22ClNO.C2H2O4/c1-18-15-5-3-2-4-14(15)17-11-10-12-6-8-13(16)9-7-12;3-1(4)2(5)6/h6-9,14-15,17H,2-5,10-11H2,1H3;(H,3,4)(H,5,6). The van der Waals surface area contributed by atoms with E-state index in [2.05, 4.69) is 17.4 Å². The molecule has 0 spiro atoms.